The number of nitrogens with one attached hydrogen (secondary N) is 2. The zero-order valence-electron chi connectivity index (χ0n) is 16.5. The summed E-state index contributed by atoms with van der Waals surface area (Å²) < 4.78 is 2.12. The summed E-state index contributed by atoms with van der Waals surface area (Å²) in [5.74, 6) is 0.726. The van der Waals surface area contributed by atoms with Gasteiger partial charge in [0.2, 0.25) is 5.91 Å². The molecule has 5 heteroatoms. The predicted molar refractivity (Wildman–Crippen MR) is 119 cm³/mol. The molecule has 0 aliphatic heterocycles. The normalized spacial score (nSPS) is 12.3. The Kier molecular flexibility index (Phi) is 4.77. The molecule has 5 rings (SSSR count). The number of aromatic amines is 1. The van der Waals surface area contributed by atoms with Gasteiger partial charge in [0.1, 0.15) is 11.9 Å². The maximum absolute atomic E-state index is 12.9. The molecule has 1 atom stereocenters. The number of rotatable bonds is 6. The third-order valence-corrected chi connectivity index (χ3v) is 5.38. The summed E-state index contributed by atoms with van der Waals surface area (Å²) in [6.45, 7) is 0.626. The summed E-state index contributed by atoms with van der Waals surface area (Å²) in [6.07, 6.45) is 2.42. The molecular formula is C25H22N4O. The lowest BCUT2D eigenvalue weighted by Gasteiger charge is -2.17. The zero-order chi connectivity index (χ0) is 20.3. The molecule has 1 amide bonds. The van der Waals surface area contributed by atoms with Crippen molar-refractivity contribution < 1.29 is 4.79 Å². The molecule has 0 saturated heterocycles. The minimum atomic E-state index is -0.326. The van der Waals surface area contributed by atoms with Crippen LogP contribution in [-0.2, 0) is 11.3 Å². The second-order valence-electron chi connectivity index (χ2n) is 7.37. The largest absolute Gasteiger partial charge is 0.347 e. The molecule has 0 unspecified atom stereocenters. The second kappa shape index (κ2) is 7.87. The van der Waals surface area contributed by atoms with E-state index in [-0.39, 0.29) is 11.9 Å². The highest BCUT2D eigenvalue weighted by Gasteiger charge is 2.20. The van der Waals surface area contributed by atoms with Crippen molar-refractivity contribution in [3.63, 3.8) is 0 Å². The summed E-state index contributed by atoms with van der Waals surface area (Å²) in [5, 5.41) is 4.36. The fourth-order valence-corrected chi connectivity index (χ4v) is 3.86. The smallest absolute Gasteiger partial charge is 0.222 e. The molecule has 0 aliphatic carbocycles. The van der Waals surface area contributed by atoms with Crippen molar-refractivity contribution in [3.05, 3.63) is 103 Å². The summed E-state index contributed by atoms with van der Waals surface area (Å²) in [7, 11) is 0. The molecule has 2 N–H and O–H groups in total. The van der Waals surface area contributed by atoms with Gasteiger partial charge in [0.25, 0.3) is 0 Å². The lowest BCUT2D eigenvalue weighted by atomic mass is 10.1. The van der Waals surface area contributed by atoms with Crippen LogP contribution in [0.15, 0.2) is 91.1 Å². The van der Waals surface area contributed by atoms with Gasteiger partial charge in [-0.1, -0.05) is 60.7 Å². The third kappa shape index (κ3) is 3.57. The highest BCUT2D eigenvalue weighted by molar-refractivity contribution is 5.81. The van der Waals surface area contributed by atoms with Gasteiger partial charge < -0.3 is 14.9 Å². The van der Waals surface area contributed by atoms with Crippen molar-refractivity contribution in [2.24, 2.45) is 0 Å². The van der Waals surface area contributed by atoms with Crippen LogP contribution in [0.4, 0.5) is 0 Å². The molecule has 0 fully saturated rings. The first-order valence-electron chi connectivity index (χ1n) is 10.1. The van der Waals surface area contributed by atoms with Crippen molar-refractivity contribution in [2.45, 2.75) is 19.0 Å². The maximum Gasteiger partial charge on any atom is 0.222 e. The zero-order valence-corrected chi connectivity index (χ0v) is 16.5. The quantitative estimate of drug-likeness (QED) is 0.434. The number of hydrogen-bond donors (Lipinski definition) is 2. The fraction of sp³-hybridized carbons (Fsp3) is 0.120. The molecule has 0 spiro atoms. The minimum absolute atomic E-state index is 0.0120. The van der Waals surface area contributed by atoms with E-state index in [0.717, 1.165) is 27.9 Å². The number of para-hydroxylation sites is 3. The monoisotopic (exact) mass is 394 g/mol. The lowest BCUT2D eigenvalue weighted by molar-refractivity contribution is -0.121. The standard InChI is InChI=1S/C25H22N4O/c30-23(15-17-29-16-14-18-8-4-7-13-22(18)29)28-24(19-9-2-1-3-10-19)25-26-20-11-5-6-12-21(20)27-25/h1-14,16,24H,15,17H2,(H,26,27)(H,28,30)/t24-/m0/s1. The molecule has 0 aliphatic rings. The van der Waals surface area contributed by atoms with Gasteiger partial charge in [-0.05, 0) is 35.2 Å². The van der Waals surface area contributed by atoms with Crippen LogP contribution >= 0.6 is 0 Å². The van der Waals surface area contributed by atoms with Gasteiger partial charge in [0.15, 0.2) is 0 Å². The number of carbonyl (C=O) groups is 1. The summed E-state index contributed by atoms with van der Waals surface area (Å²) in [6, 6.07) is 27.8. The molecule has 0 saturated carbocycles. The topological polar surface area (TPSA) is 62.7 Å². The summed E-state index contributed by atoms with van der Waals surface area (Å²) in [5.41, 5.74) is 3.99. The Bertz CT molecular complexity index is 1270. The molecule has 5 nitrogen and oxygen atoms in total. The highest BCUT2D eigenvalue weighted by atomic mass is 16.1. The predicted octanol–water partition coefficient (Wildman–Crippen LogP) is 4.81. The van der Waals surface area contributed by atoms with E-state index in [2.05, 4.69) is 33.1 Å². The van der Waals surface area contributed by atoms with E-state index in [0.29, 0.717) is 13.0 Å². The average Bonchev–Trinajstić information content (AvgIpc) is 3.40. The average molecular weight is 394 g/mol. The molecule has 0 radical (unpaired) electrons. The van der Waals surface area contributed by atoms with Gasteiger partial charge in [-0.3, -0.25) is 4.79 Å². The molecule has 5 aromatic rings. The first kappa shape index (κ1) is 18.2. The number of hydrogen-bond acceptors (Lipinski definition) is 2. The van der Waals surface area contributed by atoms with Crippen molar-refractivity contribution in [2.75, 3.05) is 0 Å². The van der Waals surface area contributed by atoms with E-state index in [4.69, 9.17) is 4.98 Å². The number of amides is 1. The van der Waals surface area contributed by atoms with Gasteiger partial charge in [-0.25, -0.2) is 4.98 Å². The highest BCUT2D eigenvalue weighted by Crippen LogP contribution is 2.23. The fourth-order valence-electron chi connectivity index (χ4n) is 3.86. The Labute approximate surface area is 174 Å². The van der Waals surface area contributed by atoms with Crippen LogP contribution < -0.4 is 5.32 Å². The molecule has 30 heavy (non-hydrogen) atoms. The minimum Gasteiger partial charge on any atom is -0.347 e. The van der Waals surface area contributed by atoms with E-state index in [1.807, 2.05) is 72.9 Å². The molecule has 2 aromatic heterocycles. The van der Waals surface area contributed by atoms with Crippen LogP contribution in [0.3, 0.4) is 0 Å². The van der Waals surface area contributed by atoms with E-state index in [1.54, 1.807) is 0 Å². The summed E-state index contributed by atoms with van der Waals surface area (Å²) >= 11 is 0. The van der Waals surface area contributed by atoms with Gasteiger partial charge >= 0.3 is 0 Å². The van der Waals surface area contributed by atoms with E-state index in [9.17, 15) is 4.79 Å². The van der Waals surface area contributed by atoms with Crippen molar-refractivity contribution in [1.29, 1.82) is 0 Å². The van der Waals surface area contributed by atoms with E-state index >= 15 is 0 Å². The first-order valence-corrected chi connectivity index (χ1v) is 10.1. The molecule has 148 valence electrons. The Morgan fingerprint density at radius 2 is 1.70 bits per heavy atom. The van der Waals surface area contributed by atoms with Gasteiger partial charge in [-0.15, -0.1) is 0 Å². The first-order chi connectivity index (χ1) is 14.8. The second-order valence-corrected chi connectivity index (χ2v) is 7.37. The molecule has 3 aromatic carbocycles. The lowest BCUT2D eigenvalue weighted by Crippen LogP contribution is -2.30. The molecule has 2 heterocycles. The molecular weight excluding hydrogens is 372 g/mol. The van der Waals surface area contributed by atoms with Crippen LogP contribution in [0.25, 0.3) is 21.9 Å². The Hall–Kier alpha value is -3.86. The van der Waals surface area contributed by atoms with Crippen LogP contribution in [-0.4, -0.2) is 20.4 Å². The number of imidazole rings is 1. The van der Waals surface area contributed by atoms with E-state index < -0.39 is 0 Å². The van der Waals surface area contributed by atoms with Gasteiger partial charge in [0.05, 0.1) is 11.0 Å². The Morgan fingerprint density at radius 3 is 2.57 bits per heavy atom. The van der Waals surface area contributed by atoms with E-state index in [1.165, 1.54) is 5.39 Å². The maximum atomic E-state index is 12.9. The Balaban J connectivity index is 1.37. The van der Waals surface area contributed by atoms with Crippen LogP contribution in [0.2, 0.25) is 0 Å². The van der Waals surface area contributed by atoms with Crippen LogP contribution in [0.1, 0.15) is 23.9 Å². The number of fused-ring (bicyclic) bond motifs is 2. The van der Waals surface area contributed by atoms with Gasteiger partial charge in [-0.2, -0.15) is 0 Å². The number of aryl methyl sites for hydroxylation is 1. The Morgan fingerprint density at radius 1 is 0.933 bits per heavy atom. The van der Waals surface area contributed by atoms with Crippen molar-refractivity contribution >= 4 is 27.8 Å². The van der Waals surface area contributed by atoms with Crippen LogP contribution in [0, 0.1) is 0 Å². The number of benzene rings is 3. The van der Waals surface area contributed by atoms with Crippen molar-refractivity contribution in [1.82, 2.24) is 19.9 Å². The van der Waals surface area contributed by atoms with Crippen LogP contribution in [0.5, 0.6) is 0 Å². The number of nitrogens with zero attached hydrogens (tertiary/aromatic N) is 2. The SMILES string of the molecule is O=C(CCn1ccc2ccccc21)N[C@@H](c1ccccc1)c1nc2ccccc2[nH]1. The molecule has 0 bridgehead atoms. The van der Waals surface area contributed by atoms with Crippen molar-refractivity contribution in [3.8, 4) is 0 Å². The van der Waals surface area contributed by atoms with Gasteiger partial charge in [0, 0.05) is 24.7 Å². The number of aromatic nitrogens is 3. The summed E-state index contributed by atoms with van der Waals surface area (Å²) in [4.78, 5) is 21.0. The number of carbonyl (C=O) groups excluding carboxylic acids is 1. The number of H-pyrrole nitrogens is 1. The third-order valence-electron chi connectivity index (χ3n) is 5.38.